The van der Waals surface area contributed by atoms with E-state index in [0.717, 1.165) is 10.8 Å². The second-order valence-corrected chi connectivity index (χ2v) is 8.98. The Balaban J connectivity index is 1.70. The average Bonchev–Trinajstić information content (AvgIpc) is 3.18. The van der Waals surface area contributed by atoms with Crippen LogP contribution in [-0.4, -0.2) is 33.9 Å². The minimum atomic E-state index is -0.932. The third-order valence-corrected chi connectivity index (χ3v) is 6.21. The Morgan fingerprint density at radius 3 is 2.41 bits per heavy atom. The molecule has 1 amide bonds. The standard InChI is InChI=1S/C30H24N2O5/c1-18(2)37-30(36)21-9-5-10-22(17-21)32-26(20-13-15-31-16-14-20)25(28(34)29(32)35)27(33)24-12-6-8-19-7-3-4-11-23(19)24/h3-18,26,33H,1-2H3/b27-25-. The molecule has 0 bridgehead atoms. The molecule has 3 aromatic carbocycles. The van der Waals surface area contributed by atoms with E-state index in [1.807, 2.05) is 30.3 Å². The van der Waals surface area contributed by atoms with E-state index in [2.05, 4.69) is 4.98 Å². The minimum Gasteiger partial charge on any atom is -0.507 e. The molecule has 0 spiro atoms. The van der Waals surface area contributed by atoms with Gasteiger partial charge in [-0.2, -0.15) is 0 Å². The summed E-state index contributed by atoms with van der Waals surface area (Å²) in [6, 6.07) is 21.7. The maximum Gasteiger partial charge on any atom is 0.338 e. The number of carbonyl (C=O) groups excluding carboxylic acids is 3. The topological polar surface area (TPSA) is 96.8 Å². The summed E-state index contributed by atoms with van der Waals surface area (Å²) in [5.41, 5.74) is 1.58. The molecule has 37 heavy (non-hydrogen) atoms. The minimum absolute atomic E-state index is 0.0392. The summed E-state index contributed by atoms with van der Waals surface area (Å²) >= 11 is 0. The molecule has 1 aliphatic heterocycles. The molecule has 1 fully saturated rings. The van der Waals surface area contributed by atoms with Crippen LogP contribution in [0.25, 0.3) is 16.5 Å². The lowest BCUT2D eigenvalue weighted by Crippen LogP contribution is -2.29. The van der Waals surface area contributed by atoms with Gasteiger partial charge in [0.25, 0.3) is 11.7 Å². The van der Waals surface area contributed by atoms with Gasteiger partial charge in [-0.1, -0.05) is 48.5 Å². The lowest BCUT2D eigenvalue weighted by Gasteiger charge is -2.25. The smallest absolute Gasteiger partial charge is 0.338 e. The van der Waals surface area contributed by atoms with E-state index < -0.39 is 23.7 Å². The van der Waals surface area contributed by atoms with Crippen molar-refractivity contribution in [1.82, 2.24) is 4.98 Å². The number of pyridine rings is 1. The van der Waals surface area contributed by atoms with Crippen molar-refractivity contribution in [1.29, 1.82) is 0 Å². The first kappa shape index (κ1) is 23.9. The van der Waals surface area contributed by atoms with Crippen molar-refractivity contribution >= 4 is 39.9 Å². The zero-order valence-electron chi connectivity index (χ0n) is 20.3. The largest absolute Gasteiger partial charge is 0.507 e. The van der Waals surface area contributed by atoms with Gasteiger partial charge in [-0.25, -0.2) is 4.79 Å². The summed E-state index contributed by atoms with van der Waals surface area (Å²) in [6.45, 7) is 3.49. The number of aliphatic hydroxyl groups is 1. The van der Waals surface area contributed by atoms with E-state index in [0.29, 0.717) is 16.8 Å². The molecule has 2 heterocycles. The third kappa shape index (κ3) is 4.36. The number of hydrogen-bond donors (Lipinski definition) is 1. The SMILES string of the molecule is CC(C)OC(=O)c1cccc(N2C(=O)C(=O)/C(=C(\O)c3cccc4ccccc34)C2c2ccncc2)c1. The highest BCUT2D eigenvalue weighted by Crippen LogP contribution is 2.43. The fraction of sp³-hybridized carbons (Fsp3) is 0.133. The van der Waals surface area contributed by atoms with Crippen LogP contribution in [0.2, 0.25) is 0 Å². The van der Waals surface area contributed by atoms with Crippen molar-refractivity contribution < 1.29 is 24.2 Å². The normalized spacial score (nSPS) is 16.9. The van der Waals surface area contributed by atoms with Crippen molar-refractivity contribution in [3.8, 4) is 0 Å². The zero-order chi connectivity index (χ0) is 26.1. The van der Waals surface area contributed by atoms with E-state index in [-0.39, 0.29) is 23.0 Å². The summed E-state index contributed by atoms with van der Waals surface area (Å²) in [5, 5.41) is 13.2. The molecule has 1 atom stereocenters. The summed E-state index contributed by atoms with van der Waals surface area (Å²) in [4.78, 5) is 44.8. The Hall–Kier alpha value is -4.78. The highest BCUT2D eigenvalue weighted by molar-refractivity contribution is 6.51. The number of Topliss-reactive ketones (excluding diaryl/α,β-unsaturated/α-hetero) is 1. The van der Waals surface area contributed by atoms with Gasteiger partial charge in [-0.05, 0) is 60.5 Å². The number of carbonyl (C=O) groups is 3. The van der Waals surface area contributed by atoms with Gasteiger partial charge in [0.1, 0.15) is 5.76 Å². The number of ether oxygens (including phenoxy) is 1. The van der Waals surface area contributed by atoms with Gasteiger partial charge >= 0.3 is 5.97 Å². The fourth-order valence-corrected chi connectivity index (χ4v) is 4.60. The van der Waals surface area contributed by atoms with Gasteiger partial charge < -0.3 is 9.84 Å². The van der Waals surface area contributed by atoms with E-state index in [9.17, 15) is 19.5 Å². The van der Waals surface area contributed by atoms with E-state index in [1.54, 1.807) is 68.7 Å². The molecule has 1 unspecified atom stereocenters. The van der Waals surface area contributed by atoms with Crippen LogP contribution in [0.4, 0.5) is 5.69 Å². The summed E-state index contributed by atoms with van der Waals surface area (Å²) in [6.07, 6.45) is 2.80. The molecule has 7 nitrogen and oxygen atoms in total. The van der Waals surface area contributed by atoms with Gasteiger partial charge in [0, 0.05) is 23.6 Å². The number of hydrogen-bond acceptors (Lipinski definition) is 6. The van der Waals surface area contributed by atoms with Crippen LogP contribution in [0.1, 0.15) is 41.4 Å². The van der Waals surface area contributed by atoms with Crippen LogP contribution in [0, 0.1) is 0 Å². The Morgan fingerprint density at radius 1 is 0.946 bits per heavy atom. The molecule has 184 valence electrons. The number of aromatic nitrogens is 1. The van der Waals surface area contributed by atoms with E-state index in [1.165, 1.54) is 11.0 Å². The van der Waals surface area contributed by atoms with Gasteiger partial charge in [-0.3, -0.25) is 19.5 Å². The predicted octanol–water partition coefficient (Wildman–Crippen LogP) is 5.43. The lowest BCUT2D eigenvalue weighted by atomic mass is 9.93. The first-order valence-corrected chi connectivity index (χ1v) is 11.9. The van der Waals surface area contributed by atoms with Crippen LogP contribution >= 0.6 is 0 Å². The van der Waals surface area contributed by atoms with Crippen molar-refractivity contribution in [2.45, 2.75) is 26.0 Å². The number of ketones is 1. The van der Waals surface area contributed by atoms with Crippen molar-refractivity contribution in [2.75, 3.05) is 4.90 Å². The molecular formula is C30H24N2O5. The van der Waals surface area contributed by atoms with Crippen LogP contribution in [0.5, 0.6) is 0 Å². The molecular weight excluding hydrogens is 468 g/mol. The second-order valence-electron chi connectivity index (χ2n) is 8.98. The molecule has 4 aromatic rings. The Bertz CT molecular complexity index is 1550. The van der Waals surface area contributed by atoms with Crippen LogP contribution in [0.15, 0.2) is 96.8 Å². The molecule has 1 saturated heterocycles. The van der Waals surface area contributed by atoms with Crippen LogP contribution in [-0.2, 0) is 14.3 Å². The molecule has 1 N–H and O–H groups in total. The van der Waals surface area contributed by atoms with Crippen molar-refractivity contribution in [3.63, 3.8) is 0 Å². The highest BCUT2D eigenvalue weighted by atomic mass is 16.5. The number of amides is 1. The number of esters is 1. The Kier molecular flexibility index (Phi) is 6.27. The first-order chi connectivity index (χ1) is 17.9. The number of anilines is 1. The average molecular weight is 493 g/mol. The van der Waals surface area contributed by atoms with Crippen molar-refractivity contribution in [3.05, 3.63) is 114 Å². The lowest BCUT2D eigenvalue weighted by molar-refractivity contribution is -0.132. The van der Waals surface area contributed by atoms with E-state index in [4.69, 9.17) is 4.74 Å². The number of fused-ring (bicyclic) bond motifs is 1. The summed E-state index contributed by atoms with van der Waals surface area (Å²) in [5.74, 6) is -2.43. The Morgan fingerprint density at radius 2 is 1.65 bits per heavy atom. The van der Waals surface area contributed by atoms with Gasteiger partial charge in [0.05, 0.1) is 23.3 Å². The first-order valence-electron chi connectivity index (χ1n) is 11.9. The summed E-state index contributed by atoms with van der Waals surface area (Å²) in [7, 11) is 0. The zero-order valence-corrected chi connectivity index (χ0v) is 20.3. The molecule has 7 heteroatoms. The van der Waals surface area contributed by atoms with Gasteiger partial charge in [-0.15, -0.1) is 0 Å². The molecule has 0 saturated carbocycles. The number of aliphatic hydroxyl groups excluding tert-OH is 1. The maximum atomic E-state index is 13.5. The molecule has 0 aliphatic carbocycles. The van der Waals surface area contributed by atoms with E-state index >= 15 is 0 Å². The number of rotatable bonds is 5. The van der Waals surface area contributed by atoms with Crippen LogP contribution in [0.3, 0.4) is 0 Å². The number of nitrogens with zero attached hydrogens (tertiary/aromatic N) is 2. The quantitative estimate of drug-likeness (QED) is 0.173. The predicted molar refractivity (Wildman–Crippen MR) is 140 cm³/mol. The molecule has 5 rings (SSSR count). The summed E-state index contributed by atoms with van der Waals surface area (Å²) < 4.78 is 5.30. The third-order valence-electron chi connectivity index (χ3n) is 6.21. The molecule has 1 aliphatic rings. The second kappa shape index (κ2) is 9.70. The fourth-order valence-electron chi connectivity index (χ4n) is 4.60. The van der Waals surface area contributed by atoms with Crippen LogP contribution < -0.4 is 4.90 Å². The maximum absolute atomic E-state index is 13.5. The van der Waals surface area contributed by atoms with Crippen molar-refractivity contribution in [2.24, 2.45) is 0 Å². The highest BCUT2D eigenvalue weighted by Gasteiger charge is 2.47. The monoisotopic (exact) mass is 492 g/mol. The van der Waals surface area contributed by atoms with Gasteiger partial charge in [0.2, 0.25) is 0 Å². The van der Waals surface area contributed by atoms with Gasteiger partial charge in [0.15, 0.2) is 0 Å². The molecule has 0 radical (unpaired) electrons. The Labute approximate surface area is 213 Å². The molecule has 1 aromatic heterocycles. The number of benzene rings is 3.